The summed E-state index contributed by atoms with van der Waals surface area (Å²) in [6, 6.07) is 3.03. The molecular formula is C13H15N3O. The van der Waals surface area contributed by atoms with Gasteiger partial charge >= 0.3 is 0 Å². The highest BCUT2D eigenvalue weighted by Gasteiger charge is 2.40. The van der Waals surface area contributed by atoms with Crippen molar-refractivity contribution in [1.82, 2.24) is 10.3 Å². The van der Waals surface area contributed by atoms with Gasteiger partial charge in [0.05, 0.1) is 1.37 Å². The van der Waals surface area contributed by atoms with Crippen molar-refractivity contribution < 1.29 is 6.17 Å². The van der Waals surface area contributed by atoms with Gasteiger partial charge in [0.15, 0.2) is 0 Å². The molecule has 0 aromatic carbocycles. The second-order valence-corrected chi connectivity index (χ2v) is 5.17. The molecule has 0 radical (unpaired) electrons. The van der Waals surface area contributed by atoms with Gasteiger partial charge in [-0.2, -0.15) is 0 Å². The number of carbonyl (C=O) groups is 1. The molecule has 0 unspecified atom stereocenters. The summed E-state index contributed by atoms with van der Waals surface area (Å²) in [5.74, 6) is 0.773. The van der Waals surface area contributed by atoms with E-state index in [0.717, 1.165) is 11.4 Å². The fourth-order valence-electron chi connectivity index (χ4n) is 3.45. The van der Waals surface area contributed by atoms with Crippen molar-refractivity contribution in [3.05, 3.63) is 23.4 Å². The van der Waals surface area contributed by atoms with Gasteiger partial charge in [0.1, 0.15) is 5.82 Å². The maximum atomic E-state index is 11.7. The van der Waals surface area contributed by atoms with Gasteiger partial charge in [0.25, 0.3) is 5.91 Å². The fourth-order valence-corrected chi connectivity index (χ4v) is 3.45. The van der Waals surface area contributed by atoms with Crippen LogP contribution in [0.3, 0.4) is 0 Å². The molecule has 0 aliphatic carbocycles. The number of carbonyl (C=O) groups excluding carboxylic acids is 1. The minimum atomic E-state index is -0.0614. The van der Waals surface area contributed by atoms with Crippen molar-refractivity contribution in [3.63, 3.8) is 0 Å². The Morgan fingerprint density at radius 1 is 1.35 bits per heavy atom. The van der Waals surface area contributed by atoms with Crippen LogP contribution in [0.15, 0.2) is 12.2 Å². The van der Waals surface area contributed by atoms with Crippen LogP contribution in [0, 0.1) is 0 Å². The number of nitrogens with one attached hydrogen (secondary N) is 1. The van der Waals surface area contributed by atoms with E-state index >= 15 is 0 Å². The Balaban J connectivity index is 1.81. The predicted octanol–water partition coefficient (Wildman–Crippen LogP) is 1.46. The van der Waals surface area contributed by atoms with E-state index in [4.69, 9.17) is 1.37 Å². The number of hydrogen-bond donors (Lipinski definition) is 1. The second kappa shape index (κ2) is 3.22. The van der Waals surface area contributed by atoms with Gasteiger partial charge in [-0.05, 0) is 31.7 Å². The van der Waals surface area contributed by atoms with Crippen LogP contribution >= 0.6 is 0 Å². The lowest BCUT2D eigenvalue weighted by Crippen LogP contribution is -2.29. The number of fused-ring (bicyclic) bond motifs is 3. The van der Waals surface area contributed by atoms with Crippen LogP contribution in [0.4, 0.5) is 5.82 Å². The molecular weight excluding hydrogens is 214 g/mol. The van der Waals surface area contributed by atoms with Gasteiger partial charge in [-0.15, -0.1) is 0 Å². The van der Waals surface area contributed by atoms with Crippen molar-refractivity contribution in [2.24, 2.45) is 0 Å². The van der Waals surface area contributed by atoms with Gasteiger partial charge in [-0.1, -0.05) is 0 Å². The molecule has 1 aromatic heterocycles. The molecule has 2 fully saturated rings. The molecule has 4 heteroatoms. The van der Waals surface area contributed by atoms with E-state index in [1.807, 2.05) is 6.07 Å². The molecule has 1 aromatic rings. The summed E-state index contributed by atoms with van der Waals surface area (Å²) in [6.45, 7) is 0.452. The second-order valence-electron chi connectivity index (χ2n) is 5.17. The van der Waals surface area contributed by atoms with E-state index in [1.165, 1.54) is 25.7 Å². The van der Waals surface area contributed by atoms with E-state index in [1.54, 1.807) is 0 Å². The van der Waals surface area contributed by atoms with E-state index < -0.39 is 0 Å². The van der Waals surface area contributed by atoms with Crippen LogP contribution in [-0.4, -0.2) is 23.0 Å². The Morgan fingerprint density at radius 3 is 2.76 bits per heavy atom. The van der Waals surface area contributed by atoms with Crippen LogP contribution in [0.2, 0.25) is 0 Å². The zero-order valence-electron chi connectivity index (χ0n) is 10.6. The number of hydrogen-bond acceptors (Lipinski definition) is 3. The van der Waals surface area contributed by atoms with E-state index in [0.29, 0.717) is 24.2 Å². The van der Waals surface area contributed by atoms with Crippen molar-refractivity contribution in [3.8, 4) is 0 Å². The molecule has 0 atom stereocenters. The molecule has 88 valence electrons. The molecule has 3 aliphatic heterocycles. The zero-order valence-corrected chi connectivity index (χ0v) is 9.57. The van der Waals surface area contributed by atoms with Gasteiger partial charge in [0.2, 0.25) is 0 Å². The predicted molar refractivity (Wildman–Crippen MR) is 63.9 cm³/mol. The third kappa shape index (κ3) is 1.24. The number of anilines is 1. The smallest absolute Gasteiger partial charge is 0.252 e. The summed E-state index contributed by atoms with van der Waals surface area (Å²) in [4.78, 5) is 18.5. The van der Waals surface area contributed by atoms with Gasteiger partial charge in [-0.3, -0.25) is 4.79 Å². The van der Waals surface area contributed by atoms with Crippen LogP contribution < -0.4 is 10.2 Å². The minimum Gasteiger partial charge on any atom is -0.351 e. The fraction of sp³-hybridized carbons (Fsp3) is 0.538. The summed E-state index contributed by atoms with van der Waals surface area (Å²) in [5, 5.41) is 2.76. The van der Waals surface area contributed by atoms with Crippen LogP contribution in [-0.2, 0) is 6.54 Å². The highest BCUT2D eigenvalue weighted by molar-refractivity contribution is 5.98. The molecule has 2 saturated heterocycles. The number of amides is 1. The monoisotopic (exact) mass is 230 g/mol. The Labute approximate surface area is 101 Å². The summed E-state index contributed by atoms with van der Waals surface area (Å²) in [7, 11) is 0. The van der Waals surface area contributed by atoms with E-state index in [-0.39, 0.29) is 12.1 Å². The maximum Gasteiger partial charge on any atom is 0.252 e. The molecule has 3 aliphatic rings. The molecule has 1 N–H and O–H groups in total. The summed E-state index contributed by atoms with van der Waals surface area (Å²) in [6.07, 6.45) is 5.16. The van der Waals surface area contributed by atoms with Crippen molar-refractivity contribution in [2.45, 2.75) is 44.3 Å². The minimum absolute atomic E-state index is 0.0614. The maximum absolute atomic E-state index is 11.7. The lowest BCUT2D eigenvalue weighted by atomic mass is 10.0. The Morgan fingerprint density at radius 2 is 2.06 bits per heavy atom. The Kier molecular flexibility index (Phi) is 1.61. The first kappa shape index (κ1) is 8.50. The first-order valence-electron chi connectivity index (χ1n) is 6.81. The van der Waals surface area contributed by atoms with Crippen LogP contribution in [0.1, 0.15) is 43.0 Å². The third-order valence-corrected chi connectivity index (χ3v) is 4.29. The molecule has 4 rings (SSSR count). The highest BCUT2D eigenvalue weighted by atomic mass is 16.1. The van der Waals surface area contributed by atoms with Gasteiger partial charge < -0.3 is 10.2 Å². The molecule has 0 spiro atoms. The summed E-state index contributed by atoms with van der Waals surface area (Å²) in [5.41, 5.74) is 1.39. The standard InChI is InChI=1S/C13H15N3O/c17-13-11-5-12(14-6-8(11)7-15-13)16-9-1-2-10(16)4-3-9/h5-6,9-10H,1-4,7H2,(H,15,17)/i6D. The Bertz CT molecular complexity index is 525. The van der Waals surface area contributed by atoms with Gasteiger partial charge in [0, 0.05) is 35.9 Å². The number of pyridine rings is 1. The lowest BCUT2D eigenvalue weighted by molar-refractivity contribution is 0.0965. The average Bonchev–Trinajstić information content (AvgIpc) is 3.04. The highest BCUT2D eigenvalue weighted by Crippen LogP contribution is 2.40. The normalized spacial score (nSPS) is 30.5. The first-order valence-corrected chi connectivity index (χ1v) is 6.31. The van der Waals surface area contributed by atoms with E-state index in [9.17, 15) is 4.79 Å². The largest absolute Gasteiger partial charge is 0.351 e. The third-order valence-electron chi connectivity index (χ3n) is 4.29. The van der Waals surface area contributed by atoms with Crippen molar-refractivity contribution >= 4 is 11.7 Å². The zero-order chi connectivity index (χ0) is 12.3. The number of rotatable bonds is 1. The van der Waals surface area contributed by atoms with Crippen molar-refractivity contribution in [1.29, 1.82) is 0 Å². The lowest BCUT2D eigenvalue weighted by Gasteiger charge is -2.23. The average molecular weight is 230 g/mol. The molecule has 1 amide bonds. The van der Waals surface area contributed by atoms with Gasteiger partial charge in [-0.25, -0.2) is 4.98 Å². The topological polar surface area (TPSA) is 45.2 Å². The SMILES string of the molecule is [2H]c1nc(N2C3CCC2CC3)cc2c1CNC2=O. The Hall–Kier alpha value is -1.58. The van der Waals surface area contributed by atoms with Crippen molar-refractivity contribution in [2.75, 3.05) is 4.90 Å². The molecule has 0 saturated carbocycles. The number of aromatic nitrogens is 1. The first-order chi connectivity index (χ1) is 8.74. The molecule has 17 heavy (non-hydrogen) atoms. The molecule has 4 nitrogen and oxygen atoms in total. The summed E-state index contributed by atoms with van der Waals surface area (Å²) < 4.78 is 7.97. The quantitative estimate of drug-likeness (QED) is 0.794. The number of nitrogens with zero attached hydrogens (tertiary/aromatic N) is 2. The molecule has 4 heterocycles. The summed E-state index contributed by atoms with van der Waals surface area (Å²) >= 11 is 0. The van der Waals surface area contributed by atoms with Crippen LogP contribution in [0.25, 0.3) is 0 Å². The van der Waals surface area contributed by atoms with E-state index in [2.05, 4.69) is 15.2 Å². The molecule has 2 bridgehead atoms. The van der Waals surface area contributed by atoms with Crippen LogP contribution in [0.5, 0.6) is 0 Å².